The molecule has 4 nitrogen and oxygen atoms in total. The maximum Gasteiger partial charge on any atom is 0.422 e. The maximum absolute atomic E-state index is 12.2. The molecule has 1 fully saturated rings. The van der Waals surface area contributed by atoms with Gasteiger partial charge in [0.05, 0.1) is 6.04 Å². The normalized spacial score (nSPS) is 16.8. The van der Waals surface area contributed by atoms with Crippen molar-refractivity contribution in [1.29, 1.82) is 0 Å². The predicted molar refractivity (Wildman–Crippen MR) is 87.4 cm³/mol. The van der Waals surface area contributed by atoms with Crippen LogP contribution in [-0.2, 0) is 4.79 Å². The van der Waals surface area contributed by atoms with Crippen LogP contribution in [0.4, 0.5) is 13.2 Å². The van der Waals surface area contributed by atoms with E-state index in [0.717, 1.165) is 31.5 Å². The first-order chi connectivity index (χ1) is 10.8. The Balaban J connectivity index is 0.00000288. The second kappa shape index (κ2) is 9.13. The van der Waals surface area contributed by atoms with Crippen LogP contribution in [0.3, 0.4) is 0 Å². The molecule has 2 N–H and O–H groups in total. The maximum atomic E-state index is 12.2. The summed E-state index contributed by atoms with van der Waals surface area (Å²) < 4.78 is 40.9. The van der Waals surface area contributed by atoms with Crippen LogP contribution in [0.5, 0.6) is 5.75 Å². The van der Waals surface area contributed by atoms with Gasteiger partial charge >= 0.3 is 6.18 Å². The average molecular weight is 367 g/mol. The topological polar surface area (TPSA) is 50.4 Å². The monoisotopic (exact) mass is 366 g/mol. The first kappa shape index (κ1) is 20.6. The third-order valence-electron chi connectivity index (χ3n) is 3.85. The zero-order valence-corrected chi connectivity index (χ0v) is 14.2. The number of rotatable bonds is 5. The molecule has 24 heavy (non-hydrogen) atoms. The number of amides is 1. The Labute approximate surface area is 145 Å². The summed E-state index contributed by atoms with van der Waals surface area (Å²) in [7, 11) is 0. The van der Waals surface area contributed by atoms with Crippen molar-refractivity contribution in [2.24, 2.45) is 5.92 Å². The number of nitrogens with one attached hydrogen (secondary N) is 2. The second-order valence-corrected chi connectivity index (χ2v) is 5.73. The molecule has 0 bridgehead atoms. The van der Waals surface area contributed by atoms with Gasteiger partial charge in [0.2, 0.25) is 5.91 Å². The van der Waals surface area contributed by atoms with Gasteiger partial charge in [0.25, 0.3) is 0 Å². The van der Waals surface area contributed by atoms with E-state index < -0.39 is 12.8 Å². The molecule has 136 valence electrons. The summed E-state index contributed by atoms with van der Waals surface area (Å²) in [5, 5.41) is 6.16. The molecule has 0 saturated carbocycles. The van der Waals surface area contributed by atoms with Gasteiger partial charge in [0, 0.05) is 5.92 Å². The van der Waals surface area contributed by atoms with Crippen molar-refractivity contribution >= 4 is 18.3 Å². The van der Waals surface area contributed by atoms with E-state index in [-0.39, 0.29) is 36.0 Å². The van der Waals surface area contributed by atoms with Gasteiger partial charge in [-0.2, -0.15) is 13.2 Å². The first-order valence-corrected chi connectivity index (χ1v) is 7.66. The molecule has 1 atom stereocenters. The summed E-state index contributed by atoms with van der Waals surface area (Å²) >= 11 is 0. The zero-order valence-electron chi connectivity index (χ0n) is 13.4. The van der Waals surface area contributed by atoms with E-state index in [1.807, 2.05) is 6.92 Å². The molecule has 1 aromatic carbocycles. The summed E-state index contributed by atoms with van der Waals surface area (Å²) in [6, 6.07) is 6.09. The molecule has 1 saturated heterocycles. The third kappa shape index (κ3) is 6.57. The number of halogens is 4. The van der Waals surface area contributed by atoms with E-state index in [9.17, 15) is 18.0 Å². The van der Waals surface area contributed by atoms with E-state index in [1.54, 1.807) is 12.1 Å². The Kier molecular flexibility index (Phi) is 7.83. The number of hydrogen-bond donors (Lipinski definition) is 2. The molecule has 1 unspecified atom stereocenters. The number of ether oxygens (including phenoxy) is 1. The molecule has 1 aromatic rings. The molecule has 1 aliphatic heterocycles. The fourth-order valence-corrected chi connectivity index (χ4v) is 2.52. The second-order valence-electron chi connectivity index (χ2n) is 5.73. The van der Waals surface area contributed by atoms with Gasteiger partial charge in [-0.25, -0.2) is 0 Å². The number of benzene rings is 1. The lowest BCUT2D eigenvalue weighted by Crippen LogP contribution is -2.39. The average Bonchev–Trinajstić information content (AvgIpc) is 2.53. The van der Waals surface area contributed by atoms with Gasteiger partial charge < -0.3 is 15.4 Å². The summed E-state index contributed by atoms with van der Waals surface area (Å²) in [6.45, 7) is 2.23. The van der Waals surface area contributed by atoms with Gasteiger partial charge in [-0.3, -0.25) is 4.79 Å². The Bertz CT molecular complexity index is 517. The Morgan fingerprint density at radius 3 is 2.42 bits per heavy atom. The highest BCUT2D eigenvalue weighted by atomic mass is 35.5. The lowest BCUT2D eigenvalue weighted by atomic mass is 9.96. The predicted octanol–water partition coefficient (Wildman–Crippen LogP) is 3.23. The van der Waals surface area contributed by atoms with E-state index in [2.05, 4.69) is 15.4 Å². The van der Waals surface area contributed by atoms with Crippen molar-refractivity contribution < 1.29 is 22.7 Å². The summed E-state index contributed by atoms with van der Waals surface area (Å²) in [6.07, 6.45) is -2.71. The van der Waals surface area contributed by atoms with Gasteiger partial charge in [-0.15, -0.1) is 12.4 Å². The van der Waals surface area contributed by atoms with Crippen LogP contribution in [0.15, 0.2) is 24.3 Å². The Morgan fingerprint density at radius 2 is 1.88 bits per heavy atom. The van der Waals surface area contributed by atoms with Crippen LogP contribution in [0.1, 0.15) is 31.4 Å². The number of alkyl halides is 3. The molecule has 0 spiro atoms. The molecule has 0 aliphatic carbocycles. The van der Waals surface area contributed by atoms with Crippen LogP contribution >= 0.6 is 12.4 Å². The van der Waals surface area contributed by atoms with Crippen molar-refractivity contribution in [3.63, 3.8) is 0 Å². The highest BCUT2D eigenvalue weighted by Gasteiger charge is 2.28. The number of piperidine rings is 1. The molecule has 8 heteroatoms. The molecular formula is C16H22ClF3N2O2. The van der Waals surface area contributed by atoms with Crippen molar-refractivity contribution in [2.45, 2.75) is 32.0 Å². The largest absolute Gasteiger partial charge is 0.484 e. The van der Waals surface area contributed by atoms with E-state index >= 15 is 0 Å². The van der Waals surface area contributed by atoms with Crippen LogP contribution in [-0.4, -0.2) is 31.8 Å². The standard InChI is InChI=1S/C16H21F3N2O2.ClH/c1-11(21-15(22)13-6-8-20-9-7-13)12-2-4-14(5-3-12)23-10-16(17,18)19;/h2-5,11,13,20H,6-10H2,1H3,(H,21,22);1H. The van der Waals surface area contributed by atoms with Crippen molar-refractivity contribution in [1.82, 2.24) is 10.6 Å². The van der Waals surface area contributed by atoms with Crippen LogP contribution in [0.25, 0.3) is 0 Å². The number of hydrogen-bond acceptors (Lipinski definition) is 3. The lowest BCUT2D eigenvalue weighted by Gasteiger charge is -2.24. The molecule has 1 heterocycles. The highest BCUT2D eigenvalue weighted by Crippen LogP contribution is 2.22. The quantitative estimate of drug-likeness (QED) is 0.841. The van der Waals surface area contributed by atoms with Crippen molar-refractivity contribution in [3.8, 4) is 5.75 Å². The van der Waals surface area contributed by atoms with Gasteiger partial charge in [-0.05, 0) is 50.6 Å². The van der Waals surface area contributed by atoms with Crippen LogP contribution < -0.4 is 15.4 Å². The molecule has 0 radical (unpaired) electrons. The molecule has 1 amide bonds. The SMILES string of the molecule is CC(NC(=O)C1CCNCC1)c1ccc(OCC(F)(F)F)cc1.Cl. The summed E-state index contributed by atoms with van der Waals surface area (Å²) in [5.41, 5.74) is 0.826. The fourth-order valence-electron chi connectivity index (χ4n) is 2.52. The number of carbonyl (C=O) groups excluding carboxylic acids is 1. The summed E-state index contributed by atoms with van der Waals surface area (Å²) in [5.74, 6) is 0.201. The van der Waals surface area contributed by atoms with Crippen LogP contribution in [0.2, 0.25) is 0 Å². The third-order valence-corrected chi connectivity index (χ3v) is 3.85. The van der Waals surface area contributed by atoms with Gasteiger partial charge in [-0.1, -0.05) is 12.1 Å². The minimum atomic E-state index is -4.35. The van der Waals surface area contributed by atoms with Gasteiger partial charge in [0.15, 0.2) is 6.61 Å². The molecular weight excluding hydrogens is 345 g/mol. The molecule has 0 aromatic heterocycles. The fraction of sp³-hybridized carbons (Fsp3) is 0.562. The minimum absolute atomic E-state index is 0. The Hall–Kier alpha value is -1.47. The molecule has 2 rings (SSSR count). The van der Waals surface area contributed by atoms with E-state index in [1.165, 1.54) is 12.1 Å². The van der Waals surface area contributed by atoms with E-state index in [4.69, 9.17) is 0 Å². The Morgan fingerprint density at radius 1 is 1.29 bits per heavy atom. The van der Waals surface area contributed by atoms with Crippen molar-refractivity contribution in [3.05, 3.63) is 29.8 Å². The zero-order chi connectivity index (χ0) is 16.9. The van der Waals surface area contributed by atoms with Crippen LogP contribution in [0, 0.1) is 5.92 Å². The first-order valence-electron chi connectivity index (χ1n) is 7.66. The lowest BCUT2D eigenvalue weighted by molar-refractivity contribution is -0.153. The number of carbonyl (C=O) groups is 1. The summed E-state index contributed by atoms with van der Waals surface area (Å²) in [4.78, 5) is 12.2. The highest BCUT2D eigenvalue weighted by molar-refractivity contribution is 5.85. The molecule has 1 aliphatic rings. The van der Waals surface area contributed by atoms with E-state index in [0.29, 0.717) is 0 Å². The smallest absolute Gasteiger partial charge is 0.422 e. The van der Waals surface area contributed by atoms with Crippen molar-refractivity contribution in [2.75, 3.05) is 19.7 Å². The van der Waals surface area contributed by atoms with Gasteiger partial charge in [0.1, 0.15) is 5.75 Å². The minimum Gasteiger partial charge on any atom is -0.484 e.